The number of ether oxygens (including phenoxy) is 1. The summed E-state index contributed by atoms with van der Waals surface area (Å²) in [6.45, 7) is -2.94. The van der Waals surface area contributed by atoms with Crippen LogP contribution in [0.4, 0.5) is 8.78 Å². The van der Waals surface area contributed by atoms with Gasteiger partial charge in [0.05, 0.1) is 27.9 Å². The second-order valence-electron chi connectivity index (χ2n) is 6.86. The molecule has 3 aromatic heterocycles. The van der Waals surface area contributed by atoms with E-state index in [1.165, 1.54) is 51.9 Å². The van der Waals surface area contributed by atoms with Crippen molar-refractivity contribution in [3.63, 3.8) is 0 Å². The Balaban J connectivity index is 1.56. The van der Waals surface area contributed by atoms with Gasteiger partial charge in [-0.3, -0.25) is 14.2 Å². The fraction of sp³-hybridized carbons (Fsp3) is 0.0909. The zero-order valence-corrected chi connectivity index (χ0v) is 18.3. The average molecular weight is 485 g/mol. The summed E-state index contributed by atoms with van der Waals surface area (Å²) in [5.74, 6) is 0.694. The number of rotatable bonds is 6. The number of alkyl halides is 2. The van der Waals surface area contributed by atoms with Crippen LogP contribution in [0.1, 0.15) is 5.82 Å². The van der Waals surface area contributed by atoms with Crippen LogP contribution in [-0.4, -0.2) is 26.1 Å². The number of benzene rings is 2. The van der Waals surface area contributed by atoms with E-state index in [-0.39, 0.29) is 22.6 Å². The summed E-state index contributed by atoms with van der Waals surface area (Å²) in [5.41, 5.74) is 1.05. The first-order valence-corrected chi connectivity index (χ1v) is 11.5. The Labute approximate surface area is 192 Å². The highest BCUT2D eigenvalue weighted by Gasteiger charge is 2.15. The summed E-state index contributed by atoms with van der Waals surface area (Å²) in [6.07, 6.45) is 0. The number of hydrogen-bond donors (Lipinski definition) is 1. The summed E-state index contributed by atoms with van der Waals surface area (Å²) in [7, 11) is 0. The Morgan fingerprint density at radius 1 is 1.03 bits per heavy atom. The van der Waals surface area contributed by atoms with Gasteiger partial charge in [0.15, 0.2) is 5.16 Å². The number of thioether (sulfide) groups is 1. The lowest BCUT2D eigenvalue weighted by Gasteiger charge is -2.14. The highest BCUT2D eigenvalue weighted by molar-refractivity contribution is 7.98. The third-order valence-corrected chi connectivity index (χ3v) is 6.62. The predicted molar refractivity (Wildman–Crippen MR) is 124 cm³/mol. The molecule has 5 aromatic rings. The first-order chi connectivity index (χ1) is 16.0. The molecule has 166 valence electrons. The summed E-state index contributed by atoms with van der Waals surface area (Å²) in [4.78, 5) is 37.4. The van der Waals surface area contributed by atoms with Crippen molar-refractivity contribution in [3.8, 4) is 11.4 Å². The number of nitrogens with one attached hydrogen (secondary N) is 1. The molecular weight excluding hydrogens is 470 g/mol. The Kier molecular flexibility index (Phi) is 5.65. The van der Waals surface area contributed by atoms with E-state index < -0.39 is 6.61 Å². The van der Waals surface area contributed by atoms with Crippen molar-refractivity contribution < 1.29 is 13.5 Å². The van der Waals surface area contributed by atoms with E-state index in [1.54, 1.807) is 35.7 Å². The number of para-hydroxylation sites is 1. The molecule has 11 heteroatoms. The summed E-state index contributed by atoms with van der Waals surface area (Å²) in [5, 5.41) is 2.59. The van der Waals surface area contributed by atoms with Gasteiger partial charge in [0.25, 0.3) is 11.1 Å². The number of fused-ring (bicyclic) bond motifs is 2. The van der Waals surface area contributed by atoms with Gasteiger partial charge in [-0.15, -0.1) is 11.3 Å². The van der Waals surface area contributed by atoms with Gasteiger partial charge in [-0.25, -0.2) is 9.97 Å². The van der Waals surface area contributed by atoms with Gasteiger partial charge in [-0.1, -0.05) is 23.9 Å². The van der Waals surface area contributed by atoms with Gasteiger partial charge < -0.3 is 9.72 Å². The maximum Gasteiger partial charge on any atom is 0.387 e. The molecule has 33 heavy (non-hydrogen) atoms. The van der Waals surface area contributed by atoms with Crippen LogP contribution in [0.5, 0.6) is 5.75 Å². The third kappa shape index (κ3) is 4.24. The second kappa shape index (κ2) is 8.75. The topological polar surface area (TPSA) is 89.9 Å². The quantitative estimate of drug-likeness (QED) is 0.280. The maximum absolute atomic E-state index is 13.3. The van der Waals surface area contributed by atoms with Crippen molar-refractivity contribution >= 4 is 44.2 Å². The van der Waals surface area contributed by atoms with Gasteiger partial charge in [-0.05, 0) is 47.8 Å². The van der Waals surface area contributed by atoms with E-state index in [1.807, 2.05) is 0 Å². The predicted octanol–water partition coefficient (Wildman–Crippen LogP) is 4.58. The molecule has 0 bridgehead atoms. The van der Waals surface area contributed by atoms with Crippen molar-refractivity contribution in [2.75, 3.05) is 0 Å². The minimum Gasteiger partial charge on any atom is -0.435 e. The number of aromatic amines is 1. The summed E-state index contributed by atoms with van der Waals surface area (Å²) in [6, 6.07) is 14.5. The molecule has 0 aliphatic carbocycles. The Morgan fingerprint density at radius 3 is 2.61 bits per heavy atom. The maximum atomic E-state index is 13.3. The summed E-state index contributed by atoms with van der Waals surface area (Å²) < 4.78 is 31.3. The average Bonchev–Trinajstić information content (AvgIpc) is 3.28. The highest BCUT2D eigenvalue weighted by Crippen LogP contribution is 2.25. The van der Waals surface area contributed by atoms with Gasteiger partial charge in [0, 0.05) is 0 Å². The van der Waals surface area contributed by atoms with E-state index in [9.17, 15) is 18.4 Å². The molecule has 0 fully saturated rings. The molecule has 0 atom stereocenters. The van der Waals surface area contributed by atoms with Gasteiger partial charge in [0.2, 0.25) is 0 Å². The molecule has 0 aliphatic heterocycles. The standard InChI is InChI=1S/C22H14F2N4O3S2/c23-21(24)31-13-7-5-12(6-8-13)28-20(30)14-3-1-2-4-15(14)26-22(28)33-11-17-25-16-9-10-32-18(16)19(29)27-17/h1-10,21H,11H2,(H,25,27,29). The van der Waals surface area contributed by atoms with Crippen LogP contribution in [-0.2, 0) is 5.75 Å². The molecule has 0 unspecified atom stereocenters. The molecular formula is C22H14F2N4O3S2. The van der Waals surface area contributed by atoms with Gasteiger partial charge >= 0.3 is 6.61 Å². The van der Waals surface area contributed by atoms with Crippen LogP contribution in [0, 0.1) is 0 Å². The molecule has 0 spiro atoms. The molecule has 3 heterocycles. The molecule has 1 N–H and O–H groups in total. The number of nitrogens with zero attached hydrogens (tertiary/aromatic N) is 3. The molecule has 0 radical (unpaired) electrons. The lowest BCUT2D eigenvalue weighted by molar-refractivity contribution is -0.0498. The first-order valence-electron chi connectivity index (χ1n) is 9.66. The van der Waals surface area contributed by atoms with E-state index in [0.717, 1.165) is 0 Å². The molecule has 0 aliphatic rings. The molecule has 0 saturated heterocycles. The molecule has 2 aromatic carbocycles. The fourth-order valence-corrected chi connectivity index (χ4v) is 4.94. The Morgan fingerprint density at radius 2 is 1.82 bits per heavy atom. The van der Waals surface area contributed by atoms with E-state index in [4.69, 9.17) is 0 Å². The van der Waals surface area contributed by atoms with Gasteiger partial charge in [-0.2, -0.15) is 8.78 Å². The lowest BCUT2D eigenvalue weighted by Crippen LogP contribution is -2.22. The Hall–Kier alpha value is -3.57. The number of aromatic nitrogens is 4. The fourth-order valence-electron chi connectivity index (χ4n) is 3.34. The lowest BCUT2D eigenvalue weighted by atomic mass is 10.2. The summed E-state index contributed by atoms with van der Waals surface area (Å²) >= 11 is 2.55. The molecule has 0 saturated carbocycles. The number of hydrogen-bond acceptors (Lipinski definition) is 7. The zero-order valence-electron chi connectivity index (χ0n) is 16.7. The van der Waals surface area contributed by atoms with Crippen LogP contribution in [0.3, 0.4) is 0 Å². The highest BCUT2D eigenvalue weighted by atomic mass is 32.2. The largest absolute Gasteiger partial charge is 0.435 e. The van der Waals surface area contributed by atoms with Crippen molar-refractivity contribution in [1.29, 1.82) is 0 Å². The third-order valence-electron chi connectivity index (χ3n) is 4.77. The minimum atomic E-state index is -2.94. The van der Waals surface area contributed by atoms with Crippen LogP contribution in [0.15, 0.2) is 74.7 Å². The number of halogens is 2. The second-order valence-corrected chi connectivity index (χ2v) is 8.72. The molecule has 5 rings (SSSR count). The number of H-pyrrole nitrogens is 1. The van der Waals surface area contributed by atoms with Crippen molar-refractivity contribution in [2.45, 2.75) is 17.5 Å². The van der Waals surface area contributed by atoms with E-state index in [0.29, 0.717) is 37.8 Å². The van der Waals surface area contributed by atoms with Crippen molar-refractivity contribution in [2.24, 2.45) is 0 Å². The van der Waals surface area contributed by atoms with Crippen LogP contribution < -0.4 is 15.9 Å². The first kappa shape index (κ1) is 21.3. The van der Waals surface area contributed by atoms with E-state index >= 15 is 0 Å². The van der Waals surface area contributed by atoms with Crippen molar-refractivity contribution in [1.82, 2.24) is 19.5 Å². The normalized spacial score (nSPS) is 11.5. The zero-order chi connectivity index (χ0) is 22.9. The van der Waals surface area contributed by atoms with Gasteiger partial charge in [0.1, 0.15) is 16.3 Å². The Bertz CT molecular complexity index is 1580. The monoisotopic (exact) mass is 484 g/mol. The van der Waals surface area contributed by atoms with Crippen LogP contribution in [0.25, 0.3) is 26.8 Å². The number of thiophene rings is 1. The SMILES string of the molecule is O=c1[nH]c(CSc2nc3ccccc3c(=O)n2-c2ccc(OC(F)F)cc2)nc2ccsc12. The minimum absolute atomic E-state index is 0.0180. The van der Waals surface area contributed by atoms with Crippen LogP contribution >= 0.6 is 23.1 Å². The molecule has 0 amide bonds. The van der Waals surface area contributed by atoms with Crippen molar-refractivity contribution in [3.05, 3.63) is 86.5 Å². The van der Waals surface area contributed by atoms with E-state index in [2.05, 4.69) is 19.7 Å². The smallest absolute Gasteiger partial charge is 0.387 e. The molecule has 7 nitrogen and oxygen atoms in total. The van der Waals surface area contributed by atoms with Crippen LogP contribution in [0.2, 0.25) is 0 Å².